The van der Waals surface area contributed by atoms with Gasteiger partial charge in [0.25, 0.3) is 0 Å². The van der Waals surface area contributed by atoms with Gasteiger partial charge < -0.3 is 0 Å². The second-order valence-corrected chi connectivity index (χ2v) is 6.33. The van der Waals surface area contributed by atoms with Gasteiger partial charge in [-0.3, -0.25) is 0 Å². The molecule has 94 valence electrons. The van der Waals surface area contributed by atoms with Crippen LogP contribution in [-0.4, -0.2) is 5.38 Å². The molecule has 2 atom stereocenters. The normalized spacial score (nSPS) is 25.6. The van der Waals surface area contributed by atoms with Crippen LogP contribution < -0.4 is 0 Å². The van der Waals surface area contributed by atoms with E-state index in [1.165, 1.54) is 25.3 Å². The number of hydrogen-bond acceptors (Lipinski definition) is 0. The molecule has 0 aromatic heterocycles. The molecule has 0 N–H and O–H groups in total. The van der Waals surface area contributed by atoms with Crippen LogP contribution in [0.5, 0.6) is 0 Å². The second kappa shape index (κ2) is 6.19. The van der Waals surface area contributed by atoms with Crippen LogP contribution in [0.4, 0.5) is 4.39 Å². The van der Waals surface area contributed by atoms with Gasteiger partial charge in [-0.1, -0.05) is 41.3 Å². The molecule has 0 nitrogen and oxygen atoms in total. The number of rotatable bonds is 2. The first-order valence-corrected chi connectivity index (χ1v) is 7.48. The average Bonchev–Trinajstić information content (AvgIpc) is 2.48. The van der Waals surface area contributed by atoms with E-state index in [1.54, 1.807) is 0 Å². The van der Waals surface area contributed by atoms with Gasteiger partial charge in [-0.2, -0.15) is 0 Å². The van der Waals surface area contributed by atoms with Gasteiger partial charge in [0.05, 0.1) is 0 Å². The van der Waals surface area contributed by atoms with Gasteiger partial charge in [0.15, 0.2) is 0 Å². The number of benzene rings is 1. The lowest BCUT2D eigenvalue weighted by molar-refractivity contribution is 0.454. The van der Waals surface area contributed by atoms with Crippen molar-refractivity contribution in [2.75, 3.05) is 0 Å². The minimum absolute atomic E-state index is 0.118. The molecule has 1 aliphatic carbocycles. The SMILES string of the molecule is Fc1cc(Br)ccc1CC1CCCCCC1Cl. The van der Waals surface area contributed by atoms with Crippen molar-refractivity contribution in [2.45, 2.75) is 43.9 Å². The lowest BCUT2D eigenvalue weighted by Gasteiger charge is -2.19. The minimum Gasteiger partial charge on any atom is -0.207 e. The number of alkyl halides is 1. The van der Waals surface area contributed by atoms with Crippen molar-refractivity contribution < 1.29 is 4.39 Å². The molecular formula is C14H17BrClF. The summed E-state index contributed by atoms with van der Waals surface area (Å²) in [5.41, 5.74) is 0.797. The maximum atomic E-state index is 13.8. The molecule has 1 fully saturated rings. The molecule has 0 radical (unpaired) electrons. The molecule has 0 bridgehead atoms. The van der Waals surface area contributed by atoms with Gasteiger partial charge in [-0.15, -0.1) is 11.6 Å². The molecule has 0 amide bonds. The Morgan fingerprint density at radius 2 is 2.00 bits per heavy atom. The first-order valence-electron chi connectivity index (χ1n) is 6.25. The Bertz CT molecular complexity index is 380. The van der Waals surface area contributed by atoms with Crippen molar-refractivity contribution in [3.63, 3.8) is 0 Å². The van der Waals surface area contributed by atoms with Crippen LogP contribution in [0.15, 0.2) is 22.7 Å². The van der Waals surface area contributed by atoms with Crippen molar-refractivity contribution in [1.29, 1.82) is 0 Å². The van der Waals surface area contributed by atoms with E-state index in [2.05, 4.69) is 15.9 Å². The third kappa shape index (κ3) is 3.69. The molecule has 1 aliphatic rings. The molecule has 2 rings (SSSR count). The quantitative estimate of drug-likeness (QED) is 0.511. The second-order valence-electron chi connectivity index (χ2n) is 4.85. The Hall–Kier alpha value is -0.0800. The van der Waals surface area contributed by atoms with Crippen molar-refractivity contribution in [3.05, 3.63) is 34.1 Å². The summed E-state index contributed by atoms with van der Waals surface area (Å²) >= 11 is 9.67. The van der Waals surface area contributed by atoms with Gasteiger partial charge in [0.2, 0.25) is 0 Å². The highest BCUT2D eigenvalue weighted by Crippen LogP contribution is 2.31. The van der Waals surface area contributed by atoms with E-state index in [0.717, 1.165) is 29.3 Å². The molecule has 0 spiro atoms. The highest BCUT2D eigenvalue weighted by molar-refractivity contribution is 9.10. The van der Waals surface area contributed by atoms with Gasteiger partial charge in [0.1, 0.15) is 5.82 Å². The topological polar surface area (TPSA) is 0 Å². The fourth-order valence-corrected chi connectivity index (χ4v) is 3.24. The Kier molecular flexibility index (Phi) is 4.87. The van der Waals surface area contributed by atoms with Crippen molar-refractivity contribution in [3.8, 4) is 0 Å². The van der Waals surface area contributed by atoms with Crippen LogP contribution in [0.2, 0.25) is 0 Å². The Morgan fingerprint density at radius 1 is 1.24 bits per heavy atom. The highest BCUT2D eigenvalue weighted by atomic mass is 79.9. The maximum Gasteiger partial charge on any atom is 0.127 e. The summed E-state index contributed by atoms with van der Waals surface area (Å²) in [4.78, 5) is 0. The predicted octanol–water partition coefficient (Wildman–Crippen LogP) is 5.32. The summed E-state index contributed by atoms with van der Waals surface area (Å²) in [7, 11) is 0. The van der Waals surface area contributed by atoms with E-state index in [1.807, 2.05) is 12.1 Å². The van der Waals surface area contributed by atoms with Crippen LogP contribution >= 0.6 is 27.5 Å². The standard InChI is InChI=1S/C14H17BrClF/c15-12-7-6-11(14(17)9-12)8-10-4-2-1-3-5-13(10)16/h6-7,9-10,13H,1-5,8H2. The first-order chi connectivity index (χ1) is 8.16. The Labute approximate surface area is 116 Å². The lowest BCUT2D eigenvalue weighted by atomic mass is 9.92. The van der Waals surface area contributed by atoms with E-state index in [9.17, 15) is 4.39 Å². The fraction of sp³-hybridized carbons (Fsp3) is 0.571. The number of halogens is 3. The molecule has 1 aromatic rings. The average molecular weight is 320 g/mol. The monoisotopic (exact) mass is 318 g/mol. The maximum absolute atomic E-state index is 13.8. The summed E-state index contributed by atoms with van der Waals surface area (Å²) < 4.78 is 14.6. The van der Waals surface area contributed by atoms with Crippen molar-refractivity contribution in [2.24, 2.45) is 5.92 Å². The first kappa shape index (κ1) is 13.4. The van der Waals surface area contributed by atoms with Crippen molar-refractivity contribution in [1.82, 2.24) is 0 Å². The summed E-state index contributed by atoms with van der Waals surface area (Å²) in [6.07, 6.45) is 6.68. The largest absolute Gasteiger partial charge is 0.207 e. The third-order valence-corrected chi connectivity index (χ3v) is 4.63. The molecule has 3 heteroatoms. The molecule has 1 saturated carbocycles. The molecule has 0 saturated heterocycles. The van der Waals surface area contributed by atoms with E-state index in [4.69, 9.17) is 11.6 Å². The lowest BCUT2D eigenvalue weighted by Crippen LogP contribution is -2.16. The van der Waals surface area contributed by atoms with Gasteiger partial charge in [-0.05, 0) is 42.9 Å². The zero-order chi connectivity index (χ0) is 12.3. The minimum atomic E-state index is -0.118. The molecule has 1 aromatic carbocycles. The summed E-state index contributed by atoms with van der Waals surface area (Å²) in [5.74, 6) is 0.308. The fourth-order valence-electron chi connectivity index (χ4n) is 2.54. The highest BCUT2D eigenvalue weighted by Gasteiger charge is 2.22. The van der Waals surface area contributed by atoms with E-state index in [-0.39, 0.29) is 11.2 Å². The Morgan fingerprint density at radius 3 is 2.76 bits per heavy atom. The van der Waals surface area contributed by atoms with Crippen LogP contribution in [0.25, 0.3) is 0 Å². The Balaban J connectivity index is 2.08. The summed E-state index contributed by atoms with van der Waals surface area (Å²) in [6, 6.07) is 5.31. The van der Waals surface area contributed by atoms with Crippen LogP contribution in [0, 0.1) is 11.7 Å². The zero-order valence-corrected chi connectivity index (χ0v) is 12.1. The van der Waals surface area contributed by atoms with E-state index < -0.39 is 0 Å². The van der Waals surface area contributed by atoms with Gasteiger partial charge >= 0.3 is 0 Å². The van der Waals surface area contributed by atoms with Crippen LogP contribution in [-0.2, 0) is 6.42 Å². The van der Waals surface area contributed by atoms with Crippen LogP contribution in [0.1, 0.15) is 37.7 Å². The molecular weight excluding hydrogens is 303 g/mol. The zero-order valence-electron chi connectivity index (χ0n) is 9.76. The third-order valence-electron chi connectivity index (χ3n) is 3.56. The van der Waals surface area contributed by atoms with Gasteiger partial charge in [0, 0.05) is 9.85 Å². The van der Waals surface area contributed by atoms with Crippen molar-refractivity contribution >= 4 is 27.5 Å². The van der Waals surface area contributed by atoms with E-state index in [0.29, 0.717) is 5.92 Å². The van der Waals surface area contributed by atoms with Gasteiger partial charge in [-0.25, -0.2) is 4.39 Å². The van der Waals surface area contributed by atoms with Crippen LogP contribution in [0.3, 0.4) is 0 Å². The summed E-state index contributed by atoms with van der Waals surface area (Å²) in [5, 5.41) is 0.209. The predicted molar refractivity (Wildman–Crippen MR) is 74.0 cm³/mol. The smallest absolute Gasteiger partial charge is 0.127 e. The molecule has 0 heterocycles. The molecule has 2 unspecified atom stereocenters. The molecule has 17 heavy (non-hydrogen) atoms. The summed E-state index contributed by atoms with van der Waals surface area (Å²) in [6.45, 7) is 0. The molecule has 0 aliphatic heterocycles. The number of hydrogen-bond donors (Lipinski definition) is 0. The van der Waals surface area contributed by atoms with E-state index >= 15 is 0 Å².